The van der Waals surface area contributed by atoms with Crippen LogP contribution in [0.2, 0.25) is 5.02 Å². The predicted molar refractivity (Wildman–Crippen MR) is 112 cm³/mol. The van der Waals surface area contributed by atoms with Crippen LogP contribution in [0.3, 0.4) is 0 Å². The number of amides is 1. The first-order valence-corrected chi connectivity index (χ1v) is 9.29. The first-order valence-electron chi connectivity index (χ1n) is 8.91. The average Bonchev–Trinajstić information content (AvgIpc) is 2.68. The molecule has 1 aromatic heterocycles. The molecular formula is C22H20ClN3O3. The summed E-state index contributed by atoms with van der Waals surface area (Å²) in [7, 11) is 1.37. The zero-order valence-electron chi connectivity index (χ0n) is 16.3. The number of carbonyl (C=O) groups excluding carboxylic acids is 2. The Labute approximate surface area is 173 Å². The molecule has 0 aliphatic heterocycles. The summed E-state index contributed by atoms with van der Waals surface area (Å²) >= 11 is 6.53. The fourth-order valence-corrected chi connectivity index (χ4v) is 3.37. The van der Waals surface area contributed by atoms with Crippen LogP contribution >= 0.6 is 11.6 Å². The monoisotopic (exact) mass is 409 g/mol. The van der Waals surface area contributed by atoms with Crippen molar-refractivity contribution in [1.29, 1.82) is 0 Å². The third kappa shape index (κ3) is 4.43. The fourth-order valence-electron chi connectivity index (χ4n) is 3.08. The number of hydrogen-bond donors (Lipinski definition) is 1. The summed E-state index contributed by atoms with van der Waals surface area (Å²) in [5.41, 5.74) is 10.6. The minimum atomic E-state index is -0.619. The minimum absolute atomic E-state index is 0.145. The highest BCUT2D eigenvalue weighted by molar-refractivity contribution is 6.33. The number of ether oxygens (including phenoxy) is 1. The SMILES string of the molecule is COC(=O)Cc1ccc(-c2ccc(-c3nc(C(N)=O)c(C)nc3C)cc2Cl)cc1. The van der Waals surface area contributed by atoms with Crippen LogP contribution in [0, 0.1) is 13.8 Å². The normalized spacial score (nSPS) is 10.6. The molecule has 2 aromatic carbocycles. The molecule has 0 spiro atoms. The average molecular weight is 410 g/mol. The van der Waals surface area contributed by atoms with Gasteiger partial charge in [0.1, 0.15) is 5.69 Å². The fraction of sp³-hybridized carbons (Fsp3) is 0.182. The third-order valence-electron chi connectivity index (χ3n) is 4.56. The van der Waals surface area contributed by atoms with E-state index in [0.29, 0.717) is 22.1 Å². The van der Waals surface area contributed by atoms with Crippen molar-refractivity contribution in [3.05, 3.63) is 70.1 Å². The summed E-state index contributed by atoms with van der Waals surface area (Å²) in [5.74, 6) is -0.906. The molecule has 3 aromatic rings. The quantitative estimate of drug-likeness (QED) is 0.645. The Kier molecular flexibility index (Phi) is 5.94. The molecule has 0 aliphatic carbocycles. The van der Waals surface area contributed by atoms with E-state index in [1.807, 2.05) is 43.3 Å². The number of carbonyl (C=O) groups is 2. The van der Waals surface area contributed by atoms with Crippen LogP contribution in [0.4, 0.5) is 0 Å². The maximum absolute atomic E-state index is 11.6. The Balaban J connectivity index is 1.94. The Morgan fingerprint density at radius 3 is 2.24 bits per heavy atom. The van der Waals surface area contributed by atoms with Gasteiger partial charge in [-0.25, -0.2) is 4.98 Å². The van der Waals surface area contributed by atoms with E-state index in [0.717, 1.165) is 22.3 Å². The summed E-state index contributed by atoms with van der Waals surface area (Å²) < 4.78 is 4.68. The second-order valence-electron chi connectivity index (χ2n) is 6.60. The predicted octanol–water partition coefficient (Wildman–Crippen LogP) is 3.90. The van der Waals surface area contributed by atoms with Crippen LogP contribution in [0.1, 0.15) is 27.4 Å². The van der Waals surface area contributed by atoms with Crippen molar-refractivity contribution in [3.63, 3.8) is 0 Å². The lowest BCUT2D eigenvalue weighted by Crippen LogP contribution is -2.17. The van der Waals surface area contributed by atoms with Crippen molar-refractivity contribution in [1.82, 2.24) is 9.97 Å². The maximum Gasteiger partial charge on any atom is 0.309 e. The first kappa shape index (κ1) is 20.5. The van der Waals surface area contributed by atoms with Gasteiger partial charge in [0, 0.05) is 16.1 Å². The zero-order valence-corrected chi connectivity index (χ0v) is 17.1. The number of halogens is 1. The zero-order chi connectivity index (χ0) is 21.1. The van der Waals surface area contributed by atoms with Gasteiger partial charge in [-0.3, -0.25) is 14.6 Å². The molecule has 2 N–H and O–H groups in total. The maximum atomic E-state index is 11.6. The molecular weight excluding hydrogens is 390 g/mol. The third-order valence-corrected chi connectivity index (χ3v) is 4.87. The highest BCUT2D eigenvalue weighted by Crippen LogP contribution is 2.33. The number of primary amides is 1. The van der Waals surface area contributed by atoms with Crippen LogP contribution in [0.25, 0.3) is 22.4 Å². The van der Waals surface area contributed by atoms with Crippen molar-refractivity contribution in [3.8, 4) is 22.4 Å². The summed E-state index contributed by atoms with van der Waals surface area (Å²) in [6, 6.07) is 13.1. The second-order valence-corrected chi connectivity index (χ2v) is 7.01. The number of nitrogens with two attached hydrogens (primary N) is 1. The van der Waals surface area contributed by atoms with E-state index in [1.54, 1.807) is 13.0 Å². The van der Waals surface area contributed by atoms with E-state index in [-0.39, 0.29) is 18.1 Å². The van der Waals surface area contributed by atoms with Gasteiger partial charge in [0.25, 0.3) is 5.91 Å². The summed E-state index contributed by atoms with van der Waals surface area (Å²) in [4.78, 5) is 31.8. The number of aromatic nitrogens is 2. The van der Waals surface area contributed by atoms with Crippen LogP contribution in [0.15, 0.2) is 42.5 Å². The molecule has 148 valence electrons. The topological polar surface area (TPSA) is 95.2 Å². The van der Waals surface area contributed by atoms with E-state index >= 15 is 0 Å². The van der Waals surface area contributed by atoms with Gasteiger partial charge in [0.05, 0.1) is 30.6 Å². The second kappa shape index (κ2) is 8.41. The molecule has 0 aliphatic rings. The molecule has 1 amide bonds. The largest absolute Gasteiger partial charge is 0.469 e. The number of rotatable bonds is 5. The van der Waals surface area contributed by atoms with Gasteiger partial charge < -0.3 is 10.5 Å². The highest BCUT2D eigenvalue weighted by Gasteiger charge is 2.15. The van der Waals surface area contributed by atoms with Gasteiger partial charge in [-0.1, -0.05) is 48.0 Å². The lowest BCUT2D eigenvalue weighted by molar-refractivity contribution is -0.139. The number of aryl methyl sites for hydroxylation is 2. The van der Waals surface area contributed by atoms with Gasteiger partial charge in [-0.05, 0) is 31.0 Å². The van der Waals surface area contributed by atoms with Crippen molar-refractivity contribution in [2.75, 3.05) is 7.11 Å². The Morgan fingerprint density at radius 2 is 1.66 bits per heavy atom. The van der Waals surface area contributed by atoms with Gasteiger partial charge >= 0.3 is 5.97 Å². The number of esters is 1. The molecule has 0 fully saturated rings. The molecule has 0 saturated heterocycles. The number of hydrogen-bond acceptors (Lipinski definition) is 5. The van der Waals surface area contributed by atoms with Gasteiger partial charge in [-0.2, -0.15) is 0 Å². The molecule has 6 nitrogen and oxygen atoms in total. The molecule has 0 bridgehead atoms. The molecule has 0 radical (unpaired) electrons. The van der Waals surface area contributed by atoms with Crippen molar-refractivity contribution in [2.24, 2.45) is 5.73 Å². The lowest BCUT2D eigenvalue weighted by atomic mass is 10.00. The highest BCUT2D eigenvalue weighted by atomic mass is 35.5. The van der Waals surface area contributed by atoms with E-state index in [2.05, 4.69) is 14.7 Å². The minimum Gasteiger partial charge on any atom is -0.469 e. The summed E-state index contributed by atoms with van der Waals surface area (Å²) in [6.07, 6.45) is 0.219. The molecule has 0 unspecified atom stereocenters. The van der Waals surface area contributed by atoms with Crippen molar-refractivity contribution < 1.29 is 14.3 Å². The number of methoxy groups -OCH3 is 1. The summed E-state index contributed by atoms with van der Waals surface area (Å²) in [5, 5.41) is 0.533. The van der Waals surface area contributed by atoms with Crippen LogP contribution < -0.4 is 5.73 Å². The lowest BCUT2D eigenvalue weighted by Gasteiger charge is -2.11. The Morgan fingerprint density at radius 1 is 1.00 bits per heavy atom. The molecule has 0 atom stereocenters. The van der Waals surface area contributed by atoms with Crippen molar-refractivity contribution in [2.45, 2.75) is 20.3 Å². The van der Waals surface area contributed by atoms with E-state index in [1.165, 1.54) is 7.11 Å². The number of nitrogens with zero attached hydrogens (tertiary/aromatic N) is 2. The van der Waals surface area contributed by atoms with Crippen LogP contribution in [-0.2, 0) is 16.0 Å². The Bertz CT molecular complexity index is 1100. The van der Waals surface area contributed by atoms with Gasteiger partial charge in [0.2, 0.25) is 0 Å². The van der Waals surface area contributed by atoms with Crippen LogP contribution in [-0.4, -0.2) is 29.0 Å². The van der Waals surface area contributed by atoms with Crippen LogP contribution in [0.5, 0.6) is 0 Å². The molecule has 7 heteroatoms. The Hall–Kier alpha value is -3.25. The molecule has 1 heterocycles. The van der Waals surface area contributed by atoms with E-state index < -0.39 is 5.91 Å². The van der Waals surface area contributed by atoms with E-state index in [4.69, 9.17) is 17.3 Å². The van der Waals surface area contributed by atoms with Gasteiger partial charge in [-0.15, -0.1) is 0 Å². The molecule has 3 rings (SSSR count). The summed E-state index contributed by atoms with van der Waals surface area (Å²) in [6.45, 7) is 3.52. The smallest absolute Gasteiger partial charge is 0.309 e. The molecule has 0 saturated carbocycles. The number of benzene rings is 2. The standard InChI is InChI=1S/C22H20ClN3O3/c1-12-20(26-21(22(24)28)13(2)25-12)16-8-9-17(18(23)11-16)15-6-4-14(5-7-15)10-19(27)29-3/h4-9,11H,10H2,1-3H3,(H2,24,28). The van der Waals surface area contributed by atoms with E-state index in [9.17, 15) is 9.59 Å². The first-order chi connectivity index (χ1) is 13.8. The van der Waals surface area contributed by atoms with Gasteiger partial charge in [0.15, 0.2) is 0 Å². The van der Waals surface area contributed by atoms with Crippen molar-refractivity contribution >= 4 is 23.5 Å². The molecule has 29 heavy (non-hydrogen) atoms.